The number of nitrogens with one attached hydrogen (secondary N) is 2. The minimum absolute atomic E-state index is 0.182. The number of carbonyl (C=O) groups is 2. The Labute approximate surface area is 159 Å². The maximum Gasteiger partial charge on any atom is 0.269 e. The number of likely N-dealkylation sites (tertiary alicyclic amines) is 1. The summed E-state index contributed by atoms with van der Waals surface area (Å²) in [5.41, 5.74) is 5.39. The van der Waals surface area contributed by atoms with Crippen molar-refractivity contribution in [3.05, 3.63) is 60.2 Å². The van der Waals surface area contributed by atoms with E-state index >= 15 is 0 Å². The van der Waals surface area contributed by atoms with Crippen molar-refractivity contribution in [2.45, 2.75) is 25.7 Å². The number of ether oxygens (including phenoxy) is 1. The summed E-state index contributed by atoms with van der Waals surface area (Å²) in [6.07, 6.45) is 4.04. The Morgan fingerprint density at radius 3 is 2.22 bits per heavy atom. The van der Waals surface area contributed by atoms with Gasteiger partial charge >= 0.3 is 0 Å². The van der Waals surface area contributed by atoms with E-state index in [2.05, 4.69) is 15.8 Å². The SMILES string of the molecule is O=C(CCN1CCCCC1)NNC(=O)c1ccc(Oc2ccccc2)cc1. The monoisotopic (exact) mass is 367 g/mol. The summed E-state index contributed by atoms with van der Waals surface area (Å²) in [7, 11) is 0. The molecule has 0 unspecified atom stereocenters. The zero-order valence-corrected chi connectivity index (χ0v) is 15.3. The number of carbonyl (C=O) groups excluding carboxylic acids is 2. The van der Waals surface area contributed by atoms with Crippen molar-refractivity contribution in [2.24, 2.45) is 0 Å². The van der Waals surface area contributed by atoms with E-state index in [9.17, 15) is 9.59 Å². The highest BCUT2D eigenvalue weighted by Crippen LogP contribution is 2.21. The first kappa shape index (κ1) is 18.9. The summed E-state index contributed by atoms with van der Waals surface area (Å²) in [4.78, 5) is 26.3. The second-order valence-corrected chi connectivity index (χ2v) is 6.59. The van der Waals surface area contributed by atoms with E-state index in [1.54, 1.807) is 24.3 Å². The predicted molar refractivity (Wildman–Crippen MR) is 103 cm³/mol. The van der Waals surface area contributed by atoms with E-state index < -0.39 is 0 Å². The van der Waals surface area contributed by atoms with Gasteiger partial charge in [-0.15, -0.1) is 0 Å². The van der Waals surface area contributed by atoms with Gasteiger partial charge in [0, 0.05) is 18.5 Å². The Hall–Kier alpha value is -2.86. The number of nitrogens with zero attached hydrogens (tertiary/aromatic N) is 1. The van der Waals surface area contributed by atoms with Crippen molar-refractivity contribution in [3.63, 3.8) is 0 Å². The number of hydrogen-bond donors (Lipinski definition) is 2. The molecule has 1 aliphatic heterocycles. The van der Waals surface area contributed by atoms with Gasteiger partial charge in [0.25, 0.3) is 5.91 Å². The van der Waals surface area contributed by atoms with Gasteiger partial charge in [0.05, 0.1) is 0 Å². The van der Waals surface area contributed by atoms with Gasteiger partial charge < -0.3 is 9.64 Å². The van der Waals surface area contributed by atoms with Crippen LogP contribution in [0.2, 0.25) is 0 Å². The number of benzene rings is 2. The molecule has 1 heterocycles. The van der Waals surface area contributed by atoms with Gasteiger partial charge in [0.1, 0.15) is 11.5 Å². The Morgan fingerprint density at radius 1 is 0.852 bits per heavy atom. The van der Waals surface area contributed by atoms with Crippen molar-refractivity contribution in [1.29, 1.82) is 0 Å². The van der Waals surface area contributed by atoms with Crippen LogP contribution in [-0.2, 0) is 4.79 Å². The van der Waals surface area contributed by atoms with Gasteiger partial charge in [0.2, 0.25) is 5.91 Å². The predicted octanol–water partition coefficient (Wildman–Crippen LogP) is 3.12. The number of hydrogen-bond acceptors (Lipinski definition) is 4. The van der Waals surface area contributed by atoms with Crippen LogP contribution in [0.5, 0.6) is 11.5 Å². The van der Waals surface area contributed by atoms with Crippen LogP contribution in [0.4, 0.5) is 0 Å². The summed E-state index contributed by atoms with van der Waals surface area (Å²) < 4.78 is 5.69. The van der Waals surface area contributed by atoms with E-state index in [0.717, 1.165) is 25.4 Å². The third-order valence-corrected chi connectivity index (χ3v) is 4.51. The second-order valence-electron chi connectivity index (χ2n) is 6.59. The van der Waals surface area contributed by atoms with Crippen molar-refractivity contribution in [1.82, 2.24) is 15.8 Å². The molecule has 2 N–H and O–H groups in total. The highest BCUT2D eigenvalue weighted by atomic mass is 16.5. The fourth-order valence-electron chi connectivity index (χ4n) is 3.00. The lowest BCUT2D eigenvalue weighted by Gasteiger charge is -2.25. The zero-order chi connectivity index (χ0) is 18.9. The van der Waals surface area contributed by atoms with E-state index in [1.165, 1.54) is 19.3 Å². The molecule has 142 valence electrons. The molecule has 0 saturated carbocycles. The van der Waals surface area contributed by atoms with E-state index in [1.807, 2.05) is 30.3 Å². The maximum absolute atomic E-state index is 12.1. The highest BCUT2D eigenvalue weighted by Gasteiger charge is 2.12. The molecule has 0 aliphatic carbocycles. The standard InChI is InChI=1S/C21H25N3O3/c25-20(13-16-24-14-5-2-6-15-24)22-23-21(26)17-9-11-19(12-10-17)27-18-7-3-1-4-8-18/h1,3-4,7-12H,2,5-6,13-16H2,(H,22,25)(H,23,26). The molecule has 2 amide bonds. The van der Waals surface area contributed by atoms with E-state index in [4.69, 9.17) is 4.74 Å². The van der Waals surface area contributed by atoms with Gasteiger partial charge in [-0.2, -0.15) is 0 Å². The highest BCUT2D eigenvalue weighted by molar-refractivity contribution is 5.95. The zero-order valence-electron chi connectivity index (χ0n) is 15.3. The Kier molecular flexibility index (Phi) is 6.82. The van der Waals surface area contributed by atoms with E-state index in [-0.39, 0.29) is 11.8 Å². The van der Waals surface area contributed by atoms with Crippen LogP contribution >= 0.6 is 0 Å². The molecule has 0 radical (unpaired) electrons. The maximum atomic E-state index is 12.1. The Balaban J connectivity index is 1.41. The van der Waals surface area contributed by atoms with Gasteiger partial charge in [-0.25, -0.2) is 0 Å². The molecule has 0 spiro atoms. The van der Waals surface area contributed by atoms with Crippen molar-refractivity contribution < 1.29 is 14.3 Å². The summed E-state index contributed by atoms with van der Waals surface area (Å²) in [6.45, 7) is 2.83. The molecule has 6 nitrogen and oxygen atoms in total. The second kappa shape index (κ2) is 9.73. The summed E-state index contributed by atoms with van der Waals surface area (Å²) in [6, 6.07) is 16.2. The average Bonchev–Trinajstić information content (AvgIpc) is 2.72. The van der Waals surface area contributed by atoms with Gasteiger partial charge in [-0.1, -0.05) is 24.6 Å². The smallest absolute Gasteiger partial charge is 0.269 e. The van der Waals surface area contributed by atoms with E-state index in [0.29, 0.717) is 17.7 Å². The molecule has 0 atom stereocenters. The summed E-state index contributed by atoms with van der Waals surface area (Å²) in [5.74, 6) is 0.838. The van der Waals surface area contributed by atoms with Crippen molar-refractivity contribution in [2.75, 3.05) is 19.6 Å². The summed E-state index contributed by atoms with van der Waals surface area (Å²) >= 11 is 0. The molecule has 0 aromatic heterocycles. The minimum Gasteiger partial charge on any atom is -0.457 e. The number of rotatable bonds is 6. The van der Waals surface area contributed by atoms with Crippen LogP contribution in [0.15, 0.2) is 54.6 Å². The molecule has 2 aromatic rings. The van der Waals surface area contributed by atoms with Crippen molar-refractivity contribution in [3.8, 4) is 11.5 Å². The topological polar surface area (TPSA) is 70.7 Å². The number of para-hydroxylation sites is 1. The fraction of sp³-hybridized carbons (Fsp3) is 0.333. The van der Waals surface area contributed by atoms with Gasteiger partial charge in [-0.3, -0.25) is 20.4 Å². The van der Waals surface area contributed by atoms with Crippen LogP contribution in [0.1, 0.15) is 36.0 Å². The number of amides is 2. The number of piperidine rings is 1. The molecule has 1 aliphatic rings. The Bertz CT molecular complexity index is 741. The quantitative estimate of drug-likeness (QED) is 0.770. The normalized spacial score (nSPS) is 14.4. The average molecular weight is 367 g/mol. The minimum atomic E-state index is -0.354. The first-order chi connectivity index (χ1) is 13.2. The molecule has 1 saturated heterocycles. The first-order valence-electron chi connectivity index (χ1n) is 9.35. The molecule has 2 aromatic carbocycles. The van der Waals surface area contributed by atoms with Crippen LogP contribution in [0.25, 0.3) is 0 Å². The van der Waals surface area contributed by atoms with Crippen molar-refractivity contribution >= 4 is 11.8 Å². The molecular formula is C21H25N3O3. The van der Waals surface area contributed by atoms with Crippen LogP contribution < -0.4 is 15.6 Å². The van der Waals surface area contributed by atoms with Gasteiger partial charge in [0.15, 0.2) is 0 Å². The van der Waals surface area contributed by atoms with Crippen LogP contribution in [0, 0.1) is 0 Å². The summed E-state index contributed by atoms with van der Waals surface area (Å²) in [5, 5.41) is 0. The molecule has 0 bridgehead atoms. The van der Waals surface area contributed by atoms with Crippen LogP contribution in [-0.4, -0.2) is 36.3 Å². The molecular weight excluding hydrogens is 342 g/mol. The lowest BCUT2D eigenvalue weighted by Crippen LogP contribution is -2.43. The number of hydrazine groups is 1. The third-order valence-electron chi connectivity index (χ3n) is 4.51. The molecule has 1 fully saturated rings. The molecule has 27 heavy (non-hydrogen) atoms. The first-order valence-corrected chi connectivity index (χ1v) is 9.35. The largest absolute Gasteiger partial charge is 0.457 e. The van der Waals surface area contributed by atoms with Gasteiger partial charge in [-0.05, 0) is 62.3 Å². The fourth-order valence-corrected chi connectivity index (χ4v) is 3.00. The Morgan fingerprint density at radius 2 is 1.52 bits per heavy atom. The van der Waals surface area contributed by atoms with Crippen LogP contribution in [0.3, 0.4) is 0 Å². The lowest BCUT2D eigenvalue weighted by molar-refractivity contribution is -0.122. The third kappa shape index (κ3) is 6.11. The lowest BCUT2D eigenvalue weighted by atomic mass is 10.1. The molecule has 3 rings (SSSR count). The molecule has 6 heteroatoms.